The van der Waals surface area contributed by atoms with Crippen LogP contribution in [0.3, 0.4) is 0 Å². The zero-order valence-electron chi connectivity index (χ0n) is 8.04. The summed E-state index contributed by atoms with van der Waals surface area (Å²) in [5.41, 5.74) is 6.67. The van der Waals surface area contributed by atoms with Gasteiger partial charge in [-0.1, -0.05) is 11.6 Å². The van der Waals surface area contributed by atoms with Crippen molar-refractivity contribution in [3.05, 3.63) is 40.8 Å². The molecular weight excluding hydrogens is 217 g/mol. The van der Waals surface area contributed by atoms with E-state index in [1.807, 2.05) is 0 Å². The Kier molecular flexibility index (Phi) is 2.36. The first-order valence-electron chi connectivity index (χ1n) is 4.35. The van der Waals surface area contributed by atoms with Crippen LogP contribution >= 0.6 is 11.6 Å². The molecule has 1 heterocycles. The first kappa shape index (κ1) is 9.98. The SMILES string of the molecule is Cc1cn(-c2cc(Cl)ccc2F)nc1N. The summed E-state index contributed by atoms with van der Waals surface area (Å²) in [6, 6.07) is 4.29. The molecule has 0 saturated carbocycles. The average Bonchev–Trinajstić information content (AvgIpc) is 2.51. The minimum absolute atomic E-state index is 0.294. The highest BCUT2D eigenvalue weighted by molar-refractivity contribution is 6.30. The Morgan fingerprint density at radius 3 is 2.80 bits per heavy atom. The number of hydrogen-bond donors (Lipinski definition) is 1. The number of halogens is 2. The number of rotatable bonds is 1. The van der Waals surface area contributed by atoms with Crippen molar-refractivity contribution in [1.82, 2.24) is 9.78 Å². The van der Waals surface area contributed by atoms with Crippen molar-refractivity contribution in [2.45, 2.75) is 6.92 Å². The molecule has 0 unspecified atom stereocenters. The Morgan fingerprint density at radius 1 is 1.47 bits per heavy atom. The lowest BCUT2D eigenvalue weighted by Crippen LogP contribution is -1.99. The monoisotopic (exact) mass is 225 g/mol. The molecule has 0 radical (unpaired) electrons. The Hall–Kier alpha value is -1.55. The van der Waals surface area contributed by atoms with Crippen molar-refractivity contribution in [2.24, 2.45) is 0 Å². The first-order chi connectivity index (χ1) is 7.08. The van der Waals surface area contributed by atoms with Crippen molar-refractivity contribution in [2.75, 3.05) is 5.73 Å². The van der Waals surface area contributed by atoms with Gasteiger partial charge < -0.3 is 5.73 Å². The number of nitrogen functional groups attached to an aromatic ring is 1. The zero-order chi connectivity index (χ0) is 11.0. The molecule has 0 fully saturated rings. The van der Waals surface area contributed by atoms with Crippen LogP contribution < -0.4 is 5.73 Å². The van der Waals surface area contributed by atoms with Gasteiger partial charge in [-0.2, -0.15) is 5.10 Å². The quantitative estimate of drug-likeness (QED) is 0.811. The van der Waals surface area contributed by atoms with E-state index >= 15 is 0 Å². The van der Waals surface area contributed by atoms with E-state index in [-0.39, 0.29) is 5.82 Å². The van der Waals surface area contributed by atoms with Crippen molar-refractivity contribution in [3.8, 4) is 5.69 Å². The lowest BCUT2D eigenvalue weighted by atomic mass is 10.3. The summed E-state index contributed by atoms with van der Waals surface area (Å²) in [7, 11) is 0. The minimum Gasteiger partial charge on any atom is -0.382 e. The van der Waals surface area contributed by atoms with Crippen LogP contribution in [0, 0.1) is 12.7 Å². The van der Waals surface area contributed by atoms with Crippen LogP contribution in [0.25, 0.3) is 5.69 Å². The summed E-state index contributed by atoms with van der Waals surface area (Å²) < 4.78 is 14.8. The van der Waals surface area contributed by atoms with Gasteiger partial charge in [0.15, 0.2) is 0 Å². The van der Waals surface area contributed by atoms with Gasteiger partial charge in [0, 0.05) is 16.8 Å². The van der Waals surface area contributed by atoms with E-state index in [0.717, 1.165) is 5.56 Å². The van der Waals surface area contributed by atoms with Crippen molar-refractivity contribution < 1.29 is 4.39 Å². The molecule has 0 amide bonds. The van der Waals surface area contributed by atoms with Gasteiger partial charge in [-0.05, 0) is 25.1 Å². The maximum Gasteiger partial charge on any atom is 0.148 e. The third-order valence-corrected chi connectivity index (χ3v) is 2.33. The second-order valence-corrected chi connectivity index (χ2v) is 3.67. The van der Waals surface area contributed by atoms with E-state index in [1.54, 1.807) is 13.1 Å². The van der Waals surface area contributed by atoms with Gasteiger partial charge in [-0.3, -0.25) is 0 Å². The Labute approximate surface area is 91.3 Å². The number of hydrogen-bond acceptors (Lipinski definition) is 2. The van der Waals surface area contributed by atoms with Crippen LogP contribution in [-0.4, -0.2) is 9.78 Å². The van der Waals surface area contributed by atoms with E-state index < -0.39 is 0 Å². The van der Waals surface area contributed by atoms with E-state index in [4.69, 9.17) is 17.3 Å². The highest BCUT2D eigenvalue weighted by Gasteiger charge is 2.08. The number of aryl methyl sites for hydroxylation is 1. The first-order valence-corrected chi connectivity index (χ1v) is 4.73. The molecular formula is C10H9ClFN3. The van der Waals surface area contributed by atoms with Crippen LogP contribution in [0.2, 0.25) is 5.02 Å². The van der Waals surface area contributed by atoms with Gasteiger partial charge in [0.25, 0.3) is 0 Å². The fraction of sp³-hybridized carbons (Fsp3) is 0.100. The number of nitrogens with zero attached hydrogens (tertiary/aromatic N) is 2. The standard InChI is InChI=1S/C10H9ClFN3/c1-6-5-15(14-10(6)13)9-4-7(11)2-3-8(9)12/h2-5H,1H3,(H2,13,14). The van der Waals surface area contributed by atoms with Gasteiger partial charge in [0.05, 0.1) is 0 Å². The minimum atomic E-state index is -0.387. The molecule has 2 aromatic rings. The Bertz CT molecular complexity index is 488. The molecule has 1 aromatic carbocycles. The fourth-order valence-corrected chi connectivity index (χ4v) is 1.42. The molecule has 3 nitrogen and oxygen atoms in total. The average molecular weight is 226 g/mol. The van der Waals surface area contributed by atoms with Gasteiger partial charge in [-0.15, -0.1) is 0 Å². The molecule has 2 N–H and O–H groups in total. The van der Waals surface area contributed by atoms with Crippen molar-refractivity contribution in [3.63, 3.8) is 0 Å². The predicted molar refractivity (Wildman–Crippen MR) is 57.7 cm³/mol. The Balaban J connectivity index is 2.58. The molecule has 0 bridgehead atoms. The largest absolute Gasteiger partial charge is 0.382 e. The molecule has 0 aliphatic carbocycles. The topological polar surface area (TPSA) is 43.8 Å². The summed E-state index contributed by atoms with van der Waals surface area (Å²) in [4.78, 5) is 0. The second-order valence-electron chi connectivity index (χ2n) is 3.24. The van der Waals surface area contributed by atoms with Crippen molar-refractivity contribution in [1.29, 1.82) is 0 Å². The summed E-state index contributed by atoms with van der Waals surface area (Å²) in [5, 5.41) is 4.43. The van der Waals surface area contributed by atoms with Gasteiger partial charge in [0.2, 0.25) is 0 Å². The van der Waals surface area contributed by atoms with Gasteiger partial charge in [-0.25, -0.2) is 9.07 Å². The zero-order valence-corrected chi connectivity index (χ0v) is 8.79. The number of benzene rings is 1. The fourth-order valence-electron chi connectivity index (χ4n) is 1.26. The molecule has 5 heteroatoms. The van der Waals surface area contributed by atoms with Crippen LogP contribution in [0.1, 0.15) is 5.56 Å². The molecule has 0 atom stereocenters. The van der Waals surface area contributed by atoms with Crippen LogP contribution in [0.15, 0.2) is 24.4 Å². The third-order valence-electron chi connectivity index (χ3n) is 2.09. The predicted octanol–water partition coefficient (Wildman–Crippen LogP) is 2.56. The summed E-state index contributed by atoms with van der Waals surface area (Å²) in [6.45, 7) is 1.81. The molecule has 0 saturated heterocycles. The van der Waals surface area contributed by atoms with Crippen LogP contribution in [0.4, 0.5) is 10.2 Å². The highest BCUT2D eigenvalue weighted by atomic mass is 35.5. The summed E-state index contributed by atoms with van der Waals surface area (Å²) in [5.74, 6) is -0.00345. The number of nitrogens with two attached hydrogens (primary N) is 1. The number of anilines is 1. The van der Waals surface area contributed by atoms with E-state index in [9.17, 15) is 4.39 Å². The molecule has 15 heavy (non-hydrogen) atoms. The molecule has 0 spiro atoms. The molecule has 78 valence electrons. The summed E-state index contributed by atoms with van der Waals surface area (Å²) >= 11 is 5.77. The maximum absolute atomic E-state index is 13.4. The van der Waals surface area contributed by atoms with E-state index in [0.29, 0.717) is 16.5 Å². The molecule has 2 rings (SSSR count). The third kappa shape index (κ3) is 1.80. The van der Waals surface area contributed by atoms with E-state index in [1.165, 1.54) is 22.9 Å². The van der Waals surface area contributed by atoms with E-state index in [2.05, 4.69) is 5.10 Å². The van der Waals surface area contributed by atoms with Crippen molar-refractivity contribution >= 4 is 17.4 Å². The van der Waals surface area contributed by atoms with Crippen LogP contribution in [-0.2, 0) is 0 Å². The van der Waals surface area contributed by atoms with Crippen LogP contribution in [0.5, 0.6) is 0 Å². The normalized spacial score (nSPS) is 10.6. The smallest absolute Gasteiger partial charge is 0.148 e. The Morgan fingerprint density at radius 2 is 2.20 bits per heavy atom. The number of aromatic nitrogens is 2. The maximum atomic E-state index is 13.4. The molecule has 0 aliphatic rings. The molecule has 1 aromatic heterocycles. The lowest BCUT2D eigenvalue weighted by Gasteiger charge is -2.02. The summed E-state index contributed by atoms with van der Waals surface area (Å²) in [6.07, 6.45) is 1.66. The second kappa shape index (κ2) is 3.55. The van der Waals surface area contributed by atoms with Gasteiger partial charge >= 0.3 is 0 Å². The highest BCUT2D eigenvalue weighted by Crippen LogP contribution is 2.20. The molecule has 0 aliphatic heterocycles. The lowest BCUT2D eigenvalue weighted by molar-refractivity contribution is 0.611. The van der Waals surface area contributed by atoms with Gasteiger partial charge in [0.1, 0.15) is 17.3 Å².